The zero-order valence-corrected chi connectivity index (χ0v) is 17.5. The second-order valence-corrected chi connectivity index (χ2v) is 8.99. The Labute approximate surface area is 172 Å². The Morgan fingerprint density at radius 2 is 1.72 bits per heavy atom. The fraction of sp³-hybridized carbons (Fsp3) is 0.409. The summed E-state index contributed by atoms with van der Waals surface area (Å²) >= 11 is 0. The summed E-state index contributed by atoms with van der Waals surface area (Å²) < 4.78 is 33.6. The van der Waals surface area contributed by atoms with Crippen molar-refractivity contribution in [1.82, 2.24) is 4.72 Å². The van der Waals surface area contributed by atoms with Crippen LogP contribution >= 0.6 is 0 Å². The van der Waals surface area contributed by atoms with Crippen LogP contribution in [-0.2, 0) is 10.0 Å². The summed E-state index contributed by atoms with van der Waals surface area (Å²) in [6.07, 6.45) is 5.89. The number of ether oxygens (including phenoxy) is 1. The zero-order chi connectivity index (χ0) is 20.7. The molecule has 0 spiro atoms. The molecule has 2 aromatic rings. The topological polar surface area (TPSA) is 84.5 Å². The lowest BCUT2D eigenvalue weighted by molar-refractivity contribution is 0.102. The minimum absolute atomic E-state index is 0.00718. The van der Waals surface area contributed by atoms with Gasteiger partial charge in [0.1, 0.15) is 5.75 Å². The number of hydrogen-bond acceptors (Lipinski definition) is 4. The molecule has 0 unspecified atom stereocenters. The van der Waals surface area contributed by atoms with E-state index in [0.29, 0.717) is 23.6 Å². The monoisotopic (exact) mass is 416 g/mol. The van der Waals surface area contributed by atoms with Crippen LogP contribution in [0, 0.1) is 0 Å². The van der Waals surface area contributed by atoms with Gasteiger partial charge in [0.15, 0.2) is 0 Å². The molecule has 3 rings (SSSR count). The molecular weight excluding hydrogens is 388 g/mol. The lowest BCUT2D eigenvalue weighted by Crippen LogP contribution is -2.36. The van der Waals surface area contributed by atoms with Crippen molar-refractivity contribution < 1.29 is 17.9 Å². The lowest BCUT2D eigenvalue weighted by atomic mass is 9.96. The number of nitrogens with one attached hydrogen (secondary N) is 2. The van der Waals surface area contributed by atoms with Gasteiger partial charge in [-0.15, -0.1) is 0 Å². The maximum absolute atomic E-state index is 12.6. The molecule has 0 aromatic heterocycles. The van der Waals surface area contributed by atoms with Gasteiger partial charge < -0.3 is 10.1 Å². The summed E-state index contributed by atoms with van der Waals surface area (Å²) in [5.41, 5.74) is 0.966. The smallest absolute Gasteiger partial charge is 0.259 e. The summed E-state index contributed by atoms with van der Waals surface area (Å²) in [5, 5.41) is 2.80. The normalized spacial score (nSPS) is 15.1. The van der Waals surface area contributed by atoms with Gasteiger partial charge in [-0.1, -0.05) is 38.3 Å². The molecule has 1 amide bonds. The van der Waals surface area contributed by atoms with Crippen LogP contribution in [-0.4, -0.2) is 27.0 Å². The standard InChI is InChI=1S/C22H28N2O4S/c1-2-16-28-21-11-7-6-10-20(21)22(25)23-17-12-14-19(15-13-17)29(26,27)24-18-8-4-3-5-9-18/h6-7,10-15,18,24H,2-5,8-9,16H2,1H3,(H,23,25). The van der Waals surface area contributed by atoms with E-state index in [1.54, 1.807) is 30.3 Å². The number of rotatable bonds is 8. The van der Waals surface area contributed by atoms with Gasteiger partial charge in [0.2, 0.25) is 10.0 Å². The first-order valence-corrected chi connectivity index (χ1v) is 11.6. The molecule has 1 saturated carbocycles. The SMILES string of the molecule is CCCOc1ccccc1C(=O)Nc1ccc(S(=O)(=O)NC2CCCCC2)cc1. The van der Waals surface area contributed by atoms with Crippen molar-refractivity contribution in [3.8, 4) is 5.75 Å². The quantitative estimate of drug-likeness (QED) is 0.670. The van der Waals surface area contributed by atoms with Gasteiger partial charge in [-0.3, -0.25) is 4.79 Å². The van der Waals surface area contributed by atoms with Crippen LogP contribution in [0.5, 0.6) is 5.75 Å². The number of amides is 1. The maximum Gasteiger partial charge on any atom is 0.259 e. The summed E-state index contributed by atoms with van der Waals surface area (Å²) in [4.78, 5) is 12.8. The third-order valence-corrected chi connectivity index (χ3v) is 6.48. The highest BCUT2D eigenvalue weighted by Gasteiger charge is 2.22. The molecule has 156 valence electrons. The summed E-state index contributed by atoms with van der Waals surface area (Å²) in [7, 11) is -3.56. The van der Waals surface area contributed by atoms with E-state index >= 15 is 0 Å². The number of carbonyl (C=O) groups is 1. The molecular formula is C22H28N2O4S. The number of benzene rings is 2. The first-order chi connectivity index (χ1) is 14.0. The van der Waals surface area contributed by atoms with Crippen molar-refractivity contribution in [1.29, 1.82) is 0 Å². The lowest BCUT2D eigenvalue weighted by Gasteiger charge is -2.22. The third kappa shape index (κ3) is 5.81. The average Bonchev–Trinajstić information content (AvgIpc) is 2.73. The number of carbonyl (C=O) groups excluding carboxylic acids is 1. The van der Waals surface area contributed by atoms with E-state index in [9.17, 15) is 13.2 Å². The van der Waals surface area contributed by atoms with Crippen LogP contribution < -0.4 is 14.8 Å². The van der Waals surface area contributed by atoms with Crippen molar-refractivity contribution in [3.05, 3.63) is 54.1 Å². The second-order valence-electron chi connectivity index (χ2n) is 7.28. The summed E-state index contributed by atoms with van der Waals surface area (Å²) in [6, 6.07) is 13.3. The molecule has 29 heavy (non-hydrogen) atoms. The minimum Gasteiger partial charge on any atom is -0.493 e. The molecule has 1 aliphatic rings. The minimum atomic E-state index is -3.56. The Morgan fingerprint density at radius 3 is 2.41 bits per heavy atom. The van der Waals surface area contributed by atoms with Gasteiger partial charge in [-0.25, -0.2) is 13.1 Å². The van der Waals surface area contributed by atoms with Gasteiger partial charge >= 0.3 is 0 Å². The van der Waals surface area contributed by atoms with Crippen molar-refractivity contribution in [2.75, 3.05) is 11.9 Å². The van der Waals surface area contributed by atoms with Crippen LogP contribution in [0.1, 0.15) is 55.8 Å². The molecule has 0 saturated heterocycles. The number of sulfonamides is 1. The molecule has 2 N–H and O–H groups in total. The Morgan fingerprint density at radius 1 is 1.03 bits per heavy atom. The highest BCUT2D eigenvalue weighted by Crippen LogP contribution is 2.22. The van der Waals surface area contributed by atoms with Gasteiger partial charge in [0.25, 0.3) is 5.91 Å². The zero-order valence-electron chi connectivity index (χ0n) is 16.7. The molecule has 2 aromatic carbocycles. The molecule has 6 nitrogen and oxygen atoms in total. The van der Waals surface area contributed by atoms with E-state index in [1.165, 1.54) is 18.6 Å². The maximum atomic E-state index is 12.6. The Hall–Kier alpha value is -2.38. The highest BCUT2D eigenvalue weighted by atomic mass is 32.2. The third-order valence-electron chi connectivity index (χ3n) is 4.94. The van der Waals surface area contributed by atoms with Crippen molar-refractivity contribution in [2.45, 2.75) is 56.4 Å². The van der Waals surface area contributed by atoms with Gasteiger partial charge in [0, 0.05) is 11.7 Å². The predicted molar refractivity (Wildman–Crippen MR) is 114 cm³/mol. The number of para-hydroxylation sites is 1. The summed E-state index contributed by atoms with van der Waals surface area (Å²) in [5.74, 6) is 0.232. The van der Waals surface area contributed by atoms with E-state index in [1.807, 2.05) is 13.0 Å². The predicted octanol–water partition coefficient (Wildman–Crippen LogP) is 4.34. The average molecular weight is 417 g/mol. The van der Waals surface area contributed by atoms with Crippen LogP contribution in [0.4, 0.5) is 5.69 Å². The van der Waals surface area contributed by atoms with Gasteiger partial charge in [-0.2, -0.15) is 0 Å². The molecule has 7 heteroatoms. The number of hydrogen-bond donors (Lipinski definition) is 2. The molecule has 0 heterocycles. The largest absolute Gasteiger partial charge is 0.493 e. The second kappa shape index (κ2) is 9.89. The fourth-order valence-corrected chi connectivity index (χ4v) is 4.72. The van der Waals surface area contributed by atoms with Gasteiger partial charge in [-0.05, 0) is 55.7 Å². The van der Waals surface area contributed by atoms with E-state index in [4.69, 9.17) is 4.74 Å². The highest BCUT2D eigenvalue weighted by molar-refractivity contribution is 7.89. The Balaban J connectivity index is 1.67. The summed E-state index contributed by atoms with van der Waals surface area (Å²) in [6.45, 7) is 2.53. The molecule has 0 atom stereocenters. The van der Waals surface area contributed by atoms with E-state index in [0.717, 1.165) is 32.1 Å². The first-order valence-electron chi connectivity index (χ1n) is 10.1. The van der Waals surface area contributed by atoms with Crippen molar-refractivity contribution >= 4 is 21.6 Å². The Kier molecular flexibility index (Phi) is 7.28. The van der Waals surface area contributed by atoms with Crippen molar-refractivity contribution in [3.63, 3.8) is 0 Å². The molecule has 1 aliphatic carbocycles. The van der Waals surface area contributed by atoms with E-state index in [2.05, 4.69) is 10.0 Å². The number of anilines is 1. The molecule has 1 fully saturated rings. The van der Waals surface area contributed by atoms with Crippen LogP contribution in [0.25, 0.3) is 0 Å². The van der Waals surface area contributed by atoms with Crippen molar-refractivity contribution in [2.24, 2.45) is 0 Å². The Bertz CT molecular complexity index is 920. The van der Waals surface area contributed by atoms with E-state index in [-0.39, 0.29) is 16.8 Å². The van der Waals surface area contributed by atoms with Crippen LogP contribution in [0.15, 0.2) is 53.4 Å². The molecule has 0 radical (unpaired) electrons. The van der Waals surface area contributed by atoms with Gasteiger partial charge in [0.05, 0.1) is 17.1 Å². The van der Waals surface area contributed by atoms with E-state index < -0.39 is 10.0 Å². The van der Waals surface area contributed by atoms with Crippen LogP contribution in [0.3, 0.4) is 0 Å². The first kappa shape index (κ1) is 21.3. The molecule has 0 aliphatic heterocycles. The fourth-order valence-electron chi connectivity index (χ4n) is 3.42. The molecule has 0 bridgehead atoms. The van der Waals surface area contributed by atoms with Crippen LogP contribution in [0.2, 0.25) is 0 Å².